The van der Waals surface area contributed by atoms with E-state index < -0.39 is 17.8 Å². The first-order valence-corrected chi connectivity index (χ1v) is 3.03. The smallest absolute Gasteiger partial charge is 0.217 e. The number of hydrogen-bond donors (Lipinski definition) is 2. The van der Waals surface area contributed by atoms with Gasteiger partial charge in [-0.3, -0.25) is 4.79 Å². The summed E-state index contributed by atoms with van der Waals surface area (Å²) in [5.41, 5.74) is 4.79. The van der Waals surface area contributed by atoms with E-state index in [4.69, 9.17) is 5.73 Å². The quantitative estimate of drug-likeness (QED) is 0.552. The first kappa shape index (κ1) is 12.6. The molecule has 0 saturated heterocycles. The van der Waals surface area contributed by atoms with E-state index >= 15 is 0 Å². The molecule has 5 nitrogen and oxygen atoms in total. The van der Waals surface area contributed by atoms with Crippen molar-refractivity contribution >= 4 is 11.9 Å². The van der Waals surface area contributed by atoms with E-state index in [-0.39, 0.29) is 19.0 Å². The maximum absolute atomic E-state index is 10.1. The number of carbonyl (C=O) groups excluding carboxylic acids is 2. The molecule has 5 heteroatoms. The number of amides is 1. The molecule has 0 radical (unpaired) electrons. The van der Waals surface area contributed by atoms with Crippen molar-refractivity contribution in [3.05, 3.63) is 0 Å². The molecule has 66 valence electrons. The average Bonchev–Trinajstić information content (AvgIpc) is 1.82. The van der Waals surface area contributed by atoms with E-state index in [1.807, 2.05) is 0 Å². The van der Waals surface area contributed by atoms with Crippen molar-refractivity contribution in [2.75, 3.05) is 0 Å². The van der Waals surface area contributed by atoms with Crippen molar-refractivity contribution in [2.24, 2.45) is 11.7 Å². The molecule has 0 aromatic rings. The minimum Gasteiger partial charge on any atom is -0.550 e. The van der Waals surface area contributed by atoms with Crippen molar-refractivity contribution in [3.63, 3.8) is 0 Å². The molecule has 0 saturated carbocycles. The van der Waals surface area contributed by atoms with Gasteiger partial charge in [-0.2, -0.15) is 0 Å². The summed E-state index contributed by atoms with van der Waals surface area (Å²) in [7, 11) is 0. The third-order valence-electron chi connectivity index (χ3n) is 1.23. The highest BCUT2D eigenvalue weighted by atomic mass is 16.4. The molecule has 0 heterocycles. The number of aliphatic carboxylic acids is 1. The summed E-state index contributed by atoms with van der Waals surface area (Å²) < 4.78 is 0. The summed E-state index contributed by atoms with van der Waals surface area (Å²) in [5.74, 6) is -2.21. The molecule has 0 spiro atoms. The summed E-state index contributed by atoms with van der Waals surface area (Å²) in [5, 5.41) is 10.0. The highest BCUT2D eigenvalue weighted by Gasteiger charge is 2.03. The number of carboxylic acid groups (broad SMARTS) is 1. The van der Waals surface area contributed by atoms with Gasteiger partial charge in [0.2, 0.25) is 5.91 Å². The number of rotatable bonds is 4. The van der Waals surface area contributed by atoms with Gasteiger partial charge in [0.15, 0.2) is 0 Å². The lowest BCUT2D eigenvalue weighted by atomic mass is 10.1. The standard InChI is InChI=1S/C6H11NO3.H3N/c1-4(6(9)10)2-3-5(7)8;/h4H,2-3H2,1H3,(H2,7,8)(H,9,10);1H3. The number of carbonyl (C=O) groups is 2. The monoisotopic (exact) mass is 162 g/mol. The average molecular weight is 162 g/mol. The highest BCUT2D eigenvalue weighted by molar-refractivity contribution is 5.75. The first-order chi connectivity index (χ1) is 4.54. The molecule has 0 aliphatic carbocycles. The van der Waals surface area contributed by atoms with Crippen molar-refractivity contribution in [1.82, 2.24) is 6.15 Å². The number of primary amides is 1. The number of carboxylic acids is 1. The maximum Gasteiger partial charge on any atom is 0.217 e. The van der Waals surface area contributed by atoms with Crippen LogP contribution in [0.15, 0.2) is 0 Å². The van der Waals surface area contributed by atoms with Gasteiger partial charge < -0.3 is 21.8 Å². The zero-order chi connectivity index (χ0) is 8.15. The van der Waals surface area contributed by atoms with Crippen LogP contribution in [0, 0.1) is 5.92 Å². The normalized spacial score (nSPS) is 11.4. The van der Waals surface area contributed by atoms with Crippen LogP contribution in [0.5, 0.6) is 0 Å². The summed E-state index contributed by atoms with van der Waals surface area (Å²) in [6.45, 7) is 1.48. The van der Waals surface area contributed by atoms with Crippen molar-refractivity contribution < 1.29 is 14.7 Å². The Hall–Kier alpha value is -1.10. The van der Waals surface area contributed by atoms with Crippen LogP contribution in [0.4, 0.5) is 0 Å². The molecule has 11 heavy (non-hydrogen) atoms. The van der Waals surface area contributed by atoms with Crippen molar-refractivity contribution in [1.29, 1.82) is 0 Å². The second-order valence-electron chi connectivity index (χ2n) is 2.23. The predicted octanol–water partition coefficient (Wildman–Crippen LogP) is -0.986. The molecule has 0 bridgehead atoms. The SMILES string of the molecule is CC(CCC(N)=O)C(=O)[O-].[NH4+]. The van der Waals surface area contributed by atoms with Crippen LogP contribution < -0.4 is 17.0 Å². The fraction of sp³-hybridized carbons (Fsp3) is 0.667. The molecule has 1 atom stereocenters. The summed E-state index contributed by atoms with van der Waals surface area (Å²) >= 11 is 0. The van der Waals surface area contributed by atoms with Crippen LogP contribution in [0.1, 0.15) is 19.8 Å². The Morgan fingerprint density at radius 2 is 2.00 bits per heavy atom. The van der Waals surface area contributed by atoms with Crippen LogP contribution in [0.25, 0.3) is 0 Å². The Morgan fingerprint density at radius 1 is 1.55 bits per heavy atom. The largest absolute Gasteiger partial charge is 0.550 e. The Bertz CT molecular complexity index is 147. The molecule has 0 aromatic carbocycles. The Morgan fingerprint density at radius 3 is 2.27 bits per heavy atom. The molecule has 0 aliphatic heterocycles. The lowest BCUT2D eigenvalue weighted by molar-refractivity contribution is -0.311. The minimum atomic E-state index is -1.14. The van der Waals surface area contributed by atoms with Gasteiger partial charge in [-0.15, -0.1) is 0 Å². The number of hydrogen-bond acceptors (Lipinski definition) is 3. The highest BCUT2D eigenvalue weighted by Crippen LogP contribution is 2.02. The van der Waals surface area contributed by atoms with Crippen LogP contribution >= 0.6 is 0 Å². The zero-order valence-electron chi connectivity index (χ0n) is 6.79. The lowest BCUT2D eigenvalue weighted by Crippen LogP contribution is -2.30. The molecule has 6 N–H and O–H groups in total. The van der Waals surface area contributed by atoms with Gasteiger partial charge in [0, 0.05) is 12.4 Å². The summed E-state index contributed by atoms with van der Waals surface area (Å²) in [6.07, 6.45) is 0.368. The first-order valence-electron chi connectivity index (χ1n) is 3.03. The van der Waals surface area contributed by atoms with E-state index in [9.17, 15) is 14.7 Å². The van der Waals surface area contributed by atoms with Crippen LogP contribution in [-0.4, -0.2) is 11.9 Å². The van der Waals surface area contributed by atoms with Gasteiger partial charge in [0.25, 0.3) is 0 Å². The number of quaternary nitrogens is 1. The van der Waals surface area contributed by atoms with Crippen molar-refractivity contribution in [2.45, 2.75) is 19.8 Å². The second kappa shape index (κ2) is 5.67. The topological polar surface area (TPSA) is 120 Å². The Kier molecular flexibility index (Phi) is 6.47. The third kappa shape index (κ3) is 6.79. The minimum absolute atomic E-state index is 0. The van der Waals surface area contributed by atoms with Gasteiger partial charge in [-0.05, 0) is 12.3 Å². The van der Waals surface area contributed by atoms with E-state index in [2.05, 4.69) is 0 Å². The molecule has 1 unspecified atom stereocenters. The summed E-state index contributed by atoms with van der Waals surface area (Å²) in [6, 6.07) is 0. The van der Waals surface area contributed by atoms with Crippen LogP contribution in [0.3, 0.4) is 0 Å². The Balaban J connectivity index is 0. The molecular weight excluding hydrogens is 148 g/mol. The van der Waals surface area contributed by atoms with Crippen LogP contribution in [-0.2, 0) is 9.59 Å². The predicted molar refractivity (Wildman–Crippen MR) is 38.6 cm³/mol. The van der Waals surface area contributed by atoms with Gasteiger partial charge >= 0.3 is 0 Å². The second-order valence-corrected chi connectivity index (χ2v) is 2.23. The van der Waals surface area contributed by atoms with Gasteiger partial charge in [-0.1, -0.05) is 6.92 Å². The van der Waals surface area contributed by atoms with E-state index in [0.29, 0.717) is 0 Å². The fourth-order valence-electron chi connectivity index (χ4n) is 0.477. The molecular formula is C6H14N2O3. The van der Waals surface area contributed by atoms with E-state index in [1.165, 1.54) is 6.92 Å². The van der Waals surface area contributed by atoms with E-state index in [0.717, 1.165) is 0 Å². The van der Waals surface area contributed by atoms with Crippen molar-refractivity contribution in [3.8, 4) is 0 Å². The number of nitrogens with two attached hydrogens (primary N) is 1. The summed E-state index contributed by atoms with van der Waals surface area (Å²) in [4.78, 5) is 20.2. The van der Waals surface area contributed by atoms with Gasteiger partial charge in [0.1, 0.15) is 0 Å². The van der Waals surface area contributed by atoms with E-state index in [1.54, 1.807) is 0 Å². The molecule has 0 fully saturated rings. The van der Waals surface area contributed by atoms with Gasteiger partial charge in [-0.25, -0.2) is 0 Å². The Labute approximate surface area is 65.2 Å². The molecule has 0 rings (SSSR count). The third-order valence-corrected chi connectivity index (χ3v) is 1.23. The fourth-order valence-corrected chi connectivity index (χ4v) is 0.477. The maximum atomic E-state index is 10.1. The lowest BCUT2D eigenvalue weighted by Gasteiger charge is -2.09. The molecule has 1 amide bonds. The molecule has 0 aliphatic rings. The van der Waals surface area contributed by atoms with Gasteiger partial charge in [0.05, 0.1) is 0 Å². The van der Waals surface area contributed by atoms with Crippen LogP contribution in [0.2, 0.25) is 0 Å². The molecule has 0 aromatic heterocycles. The zero-order valence-corrected chi connectivity index (χ0v) is 6.79.